The Hall–Kier alpha value is 0.250. The molecule has 1 aromatic carbocycles. The third kappa shape index (κ3) is 4.13. The minimum absolute atomic E-state index is 0.0987. The summed E-state index contributed by atoms with van der Waals surface area (Å²) in [5, 5.41) is 1.02. The summed E-state index contributed by atoms with van der Waals surface area (Å²) in [4.78, 5) is 0. The maximum Gasteiger partial charge on any atom is 0.126 e. The van der Waals surface area contributed by atoms with Crippen molar-refractivity contribution in [3.05, 3.63) is 34.1 Å². The number of hydrazine groups is 1. The molecule has 0 bridgehead atoms. The molecule has 0 amide bonds. The number of hydrogen-bond acceptors (Lipinski definition) is 4. The highest BCUT2D eigenvalue weighted by Gasteiger charge is 2.32. The van der Waals surface area contributed by atoms with Crippen LogP contribution in [0, 0.1) is 5.82 Å². The predicted octanol–water partition coefficient (Wildman–Crippen LogP) is 3.59. The highest BCUT2D eigenvalue weighted by molar-refractivity contribution is 9.10. The summed E-state index contributed by atoms with van der Waals surface area (Å²) in [6.07, 6.45) is 1.75. The second-order valence-electron chi connectivity index (χ2n) is 4.87. The van der Waals surface area contributed by atoms with Gasteiger partial charge >= 0.3 is 0 Å². The molecule has 1 fully saturated rings. The van der Waals surface area contributed by atoms with E-state index in [0.717, 1.165) is 16.6 Å². The van der Waals surface area contributed by atoms with Gasteiger partial charge < -0.3 is 0 Å². The van der Waals surface area contributed by atoms with Gasteiger partial charge in [-0.25, -0.2) is 4.39 Å². The molecule has 1 aliphatic rings. The Morgan fingerprint density at radius 3 is 2.90 bits per heavy atom. The summed E-state index contributed by atoms with van der Waals surface area (Å²) in [6.45, 7) is 2.21. The molecule has 0 aromatic heterocycles. The second-order valence-corrected chi connectivity index (χ2v) is 8.41. The van der Waals surface area contributed by atoms with Gasteiger partial charge in [-0.15, -0.1) is 0 Å². The van der Waals surface area contributed by atoms with Gasteiger partial charge in [-0.05, 0) is 36.6 Å². The summed E-state index contributed by atoms with van der Waals surface area (Å²) < 4.78 is 14.8. The van der Waals surface area contributed by atoms with Crippen molar-refractivity contribution in [1.82, 2.24) is 5.43 Å². The van der Waals surface area contributed by atoms with E-state index in [0.29, 0.717) is 22.5 Å². The van der Waals surface area contributed by atoms with Crippen LogP contribution in [0.25, 0.3) is 0 Å². The first-order valence-corrected chi connectivity index (χ1v) is 9.68. The lowest BCUT2D eigenvalue weighted by molar-refractivity contribution is 0.479. The zero-order valence-electron chi connectivity index (χ0n) is 11.4. The van der Waals surface area contributed by atoms with E-state index in [1.807, 2.05) is 29.6 Å². The fourth-order valence-corrected chi connectivity index (χ4v) is 6.17. The number of benzene rings is 1. The fraction of sp³-hybridized carbons (Fsp3) is 0.571. The van der Waals surface area contributed by atoms with E-state index in [-0.39, 0.29) is 11.9 Å². The third-order valence-corrected chi connectivity index (χ3v) is 7.45. The first-order chi connectivity index (χ1) is 9.65. The van der Waals surface area contributed by atoms with Crippen LogP contribution in [0.3, 0.4) is 0 Å². The maximum atomic E-state index is 13.9. The molecule has 20 heavy (non-hydrogen) atoms. The summed E-state index contributed by atoms with van der Waals surface area (Å²) in [5.74, 6) is 7.93. The molecule has 3 unspecified atom stereocenters. The van der Waals surface area contributed by atoms with Crippen LogP contribution in [0.15, 0.2) is 22.7 Å². The Labute approximate surface area is 136 Å². The Bertz CT molecular complexity index is 447. The minimum Gasteiger partial charge on any atom is -0.271 e. The normalized spacial score (nSPS) is 24.6. The van der Waals surface area contributed by atoms with Gasteiger partial charge in [0.1, 0.15) is 5.82 Å². The SMILES string of the molecule is CCC1SCCSC1C(Cc1cc(Br)ccc1F)NN. The van der Waals surface area contributed by atoms with E-state index in [1.54, 1.807) is 6.07 Å². The Morgan fingerprint density at radius 1 is 1.45 bits per heavy atom. The summed E-state index contributed by atoms with van der Waals surface area (Å²) in [7, 11) is 0. The van der Waals surface area contributed by atoms with Gasteiger partial charge in [0, 0.05) is 32.5 Å². The standard InChI is InChI=1S/C14H20BrFN2S2/c1-2-13-14(20-6-5-19-13)12(18-17)8-9-7-10(15)3-4-11(9)16/h3-4,7,12-14,18H,2,5-6,8,17H2,1H3. The molecular formula is C14H20BrFN2S2. The van der Waals surface area contributed by atoms with E-state index in [2.05, 4.69) is 28.3 Å². The Morgan fingerprint density at radius 2 is 2.20 bits per heavy atom. The molecule has 2 nitrogen and oxygen atoms in total. The van der Waals surface area contributed by atoms with E-state index < -0.39 is 0 Å². The van der Waals surface area contributed by atoms with Crippen molar-refractivity contribution >= 4 is 39.5 Å². The van der Waals surface area contributed by atoms with Gasteiger partial charge in [-0.1, -0.05) is 22.9 Å². The summed E-state index contributed by atoms with van der Waals surface area (Å²) in [5.41, 5.74) is 3.63. The first-order valence-electron chi connectivity index (χ1n) is 6.79. The highest BCUT2D eigenvalue weighted by Crippen LogP contribution is 2.36. The number of thioether (sulfide) groups is 2. The monoisotopic (exact) mass is 378 g/mol. The molecule has 3 N–H and O–H groups in total. The zero-order valence-corrected chi connectivity index (χ0v) is 14.7. The fourth-order valence-electron chi connectivity index (χ4n) is 2.52. The highest BCUT2D eigenvalue weighted by atomic mass is 79.9. The minimum atomic E-state index is -0.157. The average Bonchev–Trinajstić information content (AvgIpc) is 2.48. The molecule has 112 valence electrons. The smallest absolute Gasteiger partial charge is 0.126 e. The molecular weight excluding hydrogens is 359 g/mol. The molecule has 1 heterocycles. The molecule has 2 rings (SSSR count). The van der Waals surface area contributed by atoms with Crippen molar-refractivity contribution in [3.8, 4) is 0 Å². The van der Waals surface area contributed by atoms with E-state index >= 15 is 0 Å². The van der Waals surface area contributed by atoms with Crippen LogP contribution in [0.5, 0.6) is 0 Å². The summed E-state index contributed by atoms with van der Waals surface area (Å²) >= 11 is 7.38. The van der Waals surface area contributed by atoms with Crippen LogP contribution in [0.1, 0.15) is 18.9 Å². The quantitative estimate of drug-likeness (QED) is 0.606. The predicted molar refractivity (Wildman–Crippen MR) is 91.7 cm³/mol. The zero-order chi connectivity index (χ0) is 14.5. The van der Waals surface area contributed by atoms with E-state index in [9.17, 15) is 4.39 Å². The van der Waals surface area contributed by atoms with E-state index in [4.69, 9.17) is 5.84 Å². The largest absolute Gasteiger partial charge is 0.271 e. The van der Waals surface area contributed by atoms with Crippen LogP contribution in [-0.2, 0) is 6.42 Å². The van der Waals surface area contributed by atoms with Crippen molar-refractivity contribution in [2.24, 2.45) is 5.84 Å². The van der Waals surface area contributed by atoms with Crippen molar-refractivity contribution in [1.29, 1.82) is 0 Å². The van der Waals surface area contributed by atoms with Crippen molar-refractivity contribution in [2.75, 3.05) is 11.5 Å². The molecule has 6 heteroatoms. The molecule has 1 aromatic rings. The van der Waals surface area contributed by atoms with E-state index in [1.165, 1.54) is 11.8 Å². The van der Waals surface area contributed by atoms with Gasteiger partial charge in [-0.2, -0.15) is 23.5 Å². The lowest BCUT2D eigenvalue weighted by Gasteiger charge is -2.35. The number of hydrogen-bond donors (Lipinski definition) is 2. The lowest BCUT2D eigenvalue weighted by Crippen LogP contribution is -2.49. The molecule has 0 saturated carbocycles. The average molecular weight is 379 g/mol. The Balaban J connectivity index is 2.13. The molecule has 0 aliphatic carbocycles. The molecule has 1 saturated heterocycles. The first kappa shape index (κ1) is 16.6. The lowest BCUT2D eigenvalue weighted by atomic mass is 10.0. The van der Waals surface area contributed by atoms with Gasteiger partial charge in [0.05, 0.1) is 0 Å². The molecule has 0 radical (unpaired) electrons. The van der Waals surface area contributed by atoms with Crippen molar-refractivity contribution < 1.29 is 4.39 Å². The van der Waals surface area contributed by atoms with Crippen LogP contribution < -0.4 is 11.3 Å². The Kier molecular flexibility index (Phi) is 6.68. The maximum absolute atomic E-state index is 13.9. The number of nitrogens with one attached hydrogen (secondary N) is 1. The van der Waals surface area contributed by atoms with Crippen LogP contribution >= 0.6 is 39.5 Å². The third-order valence-electron chi connectivity index (χ3n) is 3.55. The molecule has 1 aliphatic heterocycles. The summed E-state index contributed by atoms with van der Waals surface area (Å²) in [6, 6.07) is 5.18. The number of nitrogens with two attached hydrogens (primary N) is 1. The molecule has 0 spiro atoms. The van der Waals surface area contributed by atoms with Crippen LogP contribution in [0.4, 0.5) is 4.39 Å². The number of halogens is 2. The van der Waals surface area contributed by atoms with Crippen LogP contribution in [-0.4, -0.2) is 28.0 Å². The second kappa shape index (κ2) is 8.03. The van der Waals surface area contributed by atoms with Crippen molar-refractivity contribution in [2.45, 2.75) is 36.3 Å². The molecule has 3 atom stereocenters. The van der Waals surface area contributed by atoms with Gasteiger partial charge in [0.15, 0.2) is 0 Å². The topological polar surface area (TPSA) is 38.0 Å². The van der Waals surface area contributed by atoms with Crippen LogP contribution in [0.2, 0.25) is 0 Å². The van der Waals surface area contributed by atoms with Gasteiger partial charge in [-0.3, -0.25) is 11.3 Å². The van der Waals surface area contributed by atoms with Crippen molar-refractivity contribution in [3.63, 3.8) is 0 Å². The van der Waals surface area contributed by atoms with Gasteiger partial charge in [0.25, 0.3) is 0 Å². The van der Waals surface area contributed by atoms with Gasteiger partial charge in [0.2, 0.25) is 0 Å². The number of rotatable bonds is 5.